The molecule has 0 fully saturated rings. The van der Waals surface area contributed by atoms with Crippen molar-refractivity contribution >= 4 is 0 Å². The Bertz CT molecular complexity index is 803. The Morgan fingerprint density at radius 1 is 0.708 bits per heavy atom. The van der Waals surface area contributed by atoms with Crippen molar-refractivity contribution in [1.82, 2.24) is 0 Å². The van der Waals surface area contributed by atoms with Gasteiger partial charge in [-0.15, -0.1) is 0 Å². The molecule has 0 saturated carbocycles. The largest absolute Gasteiger partial charge is 0.496 e. The van der Waals surface area contributed by atoms with Crippen LogP contribution in [0.25, 0.3) is 11.1 Å². The molecular formula is C20H17O4. The molecule has 0 heterocycles. The third-order valence-electron chi connectivity index (χ3n) is 3.61. The number of methoxy groups -OCH3 is 2. The molecule has 1 radical (unpaired) electrons. The Kier molecular flexibility index (Phi) is 4.57. The van der Waals surface area contributed by atoms with Gasteiger partial charge in [0.1, 0.15) is 23.0 Å². The highest BCUT2D eigenvalue weighted by Crippen LogP contribution is 2.36. The van der Waals surface area contributed by atoms with Gasteiger partial charge in [0.25, 0.3) is 0 Å². The Morgan fingerprint density at radius 3 is 1.92 bits per heavy atom. The zero-order valence-corrected chi connectivity index (χ0v) is 13.5. The van der Waals surface area contributed by atoms with E-state index in [9.17, 15) is 5.11 Å². The van der Waals surface area contributed by atoms with E-state index in [2.05, 4.69) is 0 Å². The first-order valence-electron chi connectivity index (χ1n) is 7.47. The Balaban J connectivity index is 1.98. The van der Waals surface area contributed by atoms with Gasteiger partial charge in [-0.25, -0.2) is 0 Å². The van der Waals surface area contributed by atoms with Crippen LogP contribution >= 0.6 is 0 Å². The summed E-state index contributed by atoms with van der Waals surface area (Å²) in [6.07, 6.45) is 0. The fourth-order valence-electron chi connectivity index (χ4n) is 2.40. The van der Waals surface area contributed by atoms with Crippen LogP contribution in [0.2, 0.25) is 0 Å². The quantitative estimate of drug-likeness (QED) is 0.640. The van der Waals surface area contributed by atoms with Gasteiger partial charge in [0.2, 0.25) is 0 Å². The summed E-state index contributed by atoms with van der Waals surface area (Å²) in [5, 5.41) is 11.3. The number of para-hydroxylation sites is 1. The van der Waals surface area contributed by atoms with Crippen LogP contribution in [0.4, 0.5) is 0 Å². The van der Waals surface area contributed by atoms with E-state index >= 15 is 0 Å². The smallest absolute Gasteiger partial charge is 0.178 e. The van der Waals surface area contributed by atoms with Crippen LogP contribution in [0, 0.1) is 0 Å². The highest BCUT2D eigenvalue weighted by molar-refractivity contribution is 5.71. The van der Waals surface area contributed by atoms with Crippen molar-refractivity contribution in [2.24, 2.45) is 0 Å². The average Bonchev–Trinajstić information content (AvgIpc) is 2.62. The normalized spacial score (nSPS) is 10.2. The zero-order valence-electron chi connectivity index (χ0n) is 13.5. The lowest BCUT2D eigenvalue weighted by Gasteiger charge is -2.13. The second kappa shape index (κ2) is 6.96. The van der Waals surface area contributed by atoms with Crippen molar-refractivity contribution in [2.75, 3.05) is 14.2 Å². The summed E-state index contributed by atoms with van der Waals surface area (Å²) in [7, 11) is 3.19. The van der Waals surface area contributed by atoms with Crippen molar-refractivity contribution in [3.63, 3.8) is 0 Å². The molecular weight excluding hydrogens is 304 g/mol. The fourth-order valence-corrected chi connectivity index (χ4v) is 2.40. The van der Waals surface area contributed by atoms with Gasteiger partial charge in [-0.05, 0) is 23.8 Å². The minimum atomic E-state index is -0.0188. The topological polar surface area (TPSA) is 47.6 Å². The molecule has 3 aromatic carbocycles. The van der Waals surface area contributed by atoms with Crippen molar-refractivity contribution < 1.29 is 19.3 Å². The molecule has 3 aromatic rings. The molecule has 0 N–H and O–H groups in total. The van der Waals surface area contributed by atoms with Crippen LogP contribution in [-0.4, -0.2) is 14.2 Å². The summed E-state index contributed by atoms with van der Waals surface area (Å²) < 4.78 is 16.6. The maximum Gasteiger partial charge on any atom is 0.178 e. The second-order valence-corrected chi connectivity index (χ2v) is 5.17. The summed E-state index contributed by atoms with van der Waals surface area (Å²) in [6.45, 7) is 0. The lowest BCUT2D eigenvalue weighted by Crippen LogP contribution is -1.91. The molecule has 0 aliphatic carbocycles. The fraction of sp³-hybridized carbons (Fsp3) is 0.100. The Labute approximate surface area is 140 Å². The lowest BCUT2D eigenvalue weighted by atomic mass is 10.0. The van der Waals surface area contributed by atoms with Crippen LogP contribution < -0.4 is 14.2 Å². The van der Waals surface area contributed by atoms with Gasteiger partial charge in [0, 0.05) is 23.8 Å². The van der Waals surface area contributed by atoms with Gasteiger partial charge in [-0.2, -0.15) is 0 Å². The van der Waals surface area contributed by atoms with Gasteiger partial charge in [0.15, 0.2) is 5.75 Å². The summed E-state index contributed by atoms with van der Waals surface area (Å²) in [5.74, 6) is 2.58. The van der Waals surface area contributed by atoms with Gasteiger partial charge in [-0.3, -0.25) is 5.11 Å². The minimum Gasteiger partial charge on any atom is -0.496 e. The number of rotatable bonds is 5. The van der Waals surface area contributed by atoms with E-state index in [1.165, 1.54) is 0 Å². The minimum absolute atomic E-state index is 0.0188. The van der Waals surface area contributed by atoms with E-state index in [0.29, 0.717) is 23.0 Å². The summed E-state index contributed by atoms with van der Waals surface area (Å²) in [6, 6.07) is 19.7. The standard InChI is InChI=1S/C20H17O4/c1-22-16-11-17(23-2)13-18(12-16)24-20-6-4-3-5-19(20)14-7-9-15(21)10-8-14/h3-13H,1-2H3. The first kappa shape index (κ1) is 15.7. The van der Waals surface area contributed by atoms with Gasteiger partial charge >= 0.3 is 0 Å². The molecule has 0 aliphatic rings. The molecule has 0 bridgehead atoms. The van der Waals surface area contributed by atoms with E-state index in [0.717, 1.165) is 11.1 Å². The molecule has 24 heavy (non-hydrogen) atoms. The van der Waals surface area contributed by atoms with Crippen LogP contribution in [0.15, 0.2) is 66.7 Å². The molecule has 4 heteroatoms. The third-order valence-corrected chi connectivity index (χ3v) is 3.61. The number of hydrogen-bond donors (Lipinski definition) is 0. The van der Waals surface area contributed by atoms with Crippen molar-refractivity contribution in [2.45, 2.75) is 0 Å². The van der Waals surface area contributed by atoms with Crippen LogP contribution in [0.3, 0.4) is 0 Å². The first-order chi connectivity index (χ1) is 11.7. The molecule has 0 atom stereocenters. The molecule has 121 valence electrons. The van der Waals surface area contributed by atoms with Gasteiger partial charge in [0.05, 0.1) is 14.2 Å². The zero-order chi connectivity index (χ0) is 16.9. The van der Waals surface area contributed by atoms with Crippen molar-refractivity contribution in [3.8, 4) is 39.9 Å². The van der Waals surface area contributed by atoms with E-state index in [1.54, 1.807) is 56.7 Å². The first-order valence-corrected chi connectivity index (χ1v) is 7.47. The van der Waals surface area contributed by atoms with Crippen LogP contribution in [0.1, 0.15) is 0 Å². The molecule has 0 unspecified atom stereocenters. The summed E-state index contributed by atoms with van der Waals surface area (Å²) in [4.78, 5) is 0. The molecule has 0 aliphatic heterocycles. The maximum atomic E-state index is 11.3. The molecule has 0 aromatic heterocycles. The second-order valence-electron chi connectivity index (χ2n) is 5.17. The van der Waals surface area contributed by atoms with E-state index < -0.39 is 0 Å². The predicted molar refractivity (Wildman–Crippen MR) is 91.6 cm³/mol. The molecule has 0 spiro atoms. The van der Waals surface area contributed by atoms with E-state index in [-0.39, 0.29) is 5.75 Å². The van der Waals surface area contributed by atoms with Crippen LogP contribution in [-0.2, 0) is 5.11 Å². The third kappa shape index (κ3) is 3.43. The lowest BCUT2D eigenvalue weighted by molar-refractivity contribution is 0.355. The van der Waals surface area contributed by atoms with Crippen LogP contribution in [0.5, 0.6) is 28.7 Å². The molecule has 0 saturated heterocycles. The van der Waals surface area contributed by atoms with Gasteiger partial charge in [-0.1, -0.05) is 30.3 Å². The highest BCUT2D eigenvalue weighted by atomic mass is 16.5. The molecule has 0 amide bonds. The van der Waals surface area contributed by atoms with E-state index in [4.69, 9.17) is 14.2 Å². The number of benzene rings is 3. The predicted octanol–water partition coefficient (Wildman–Crippen LogP) is 5.31. The number of hydrogen-bond acceptors (Lipinski definition) is 3. The van der Waals surface area contributed by atoms with E-state index in [1.807, 2.05) is 24.3 Å². The molecule has 4 nitrogen and oxygen atoms in total. The van der Waals surface area contributed by atoms with Crippen molar-refractivity contribution in [3.05, 3.63) is 66.7 Å². The Morgan fingerprint density at radius 2 is 1.29 bits per heavy atom. The average molecular weight is 321 g/mol. The molecule has 3 rings (SSSR count). The summed E-state index contributed by atoms with van der Waals surface area (Å²) >= 11 is 0. The van der Waals surface area contributed by atoms with Crippen molar-refractivity contribution in [1.29, 1.82) is 0 Å². The highest BCUT2D eigenvalue weighted by Gasteiger charge is 2.09. The maximum absolute atomic E-state index is 11.3. The Hall–Kier alpha value is -3.14. The number of ether oxygens (including phenoxy) is 3. The summed E-state index contributed by atoms with van der Waals surface area (Å²) in [5.41, 5.74) is 1.82. The van der Waals surface area contributed by atoms with Gasteiger partial charge < -0.3 is 14.2 Å². The monoisotopic (exact) mass is 321 g/mol. The SMILES string of the molecule is COc1cc(OC)cc(Oc2ccccc2-c2ccc([O])cc2)c1.